The fourth-order valence-electron chi connectivity index (χ4n) is 2.49. The van der Waals surface area contributed by atoms with Crippen molar-refractivity contribution >= 4 is 19.6 Å². The zero-order valence-electron chi connectivity index (χ0n) is 12.2. The van der Waals surface area contributed by atoms with Crippen molar-refractivity contribution in [3.63, 3.8) is 0 Å². The molecule has 0 unspecified atom stereocenters. The normalized spacial score (nSPS) is 14.6. The van der Waals surface area contributed by atoms with Gasteiger partial charge in [-0.15, -0.1) is 0 Å². The summed E-state index contributed by atoms with van der Waals surface area (Å²) in [6.45, 7) is 4.66. The minimum atomic E-state index is 0.464. The molecule has 0 bridgehead atoms. The molecular weight excluding hydrogens is 301 g/mol. The van der Waals surface area contributed by atoms with Crippen LogP contribution < -0.4 is 9.20 Å². The molecule has 2 rings (SSSR count). The van der Waals surface area contributed by atoms with Crippen LogP contribution in [-0.2, 0) is 6.54 Å². The van der Waals surface area contributed by atoms with Crippen LogP contribution in [0.15, 0.2) is 18.2 Å². The number of methoxy groups -OCH3 is 1. The van der Waals surface area contributed by atoms with Crippen LogP contribution in [0.3, 0.4) is 0 Å². The molecular formula is C16H25NOSe. The third-order valence-electron chi connectivity index (χ3n) is 3.61. The van der Waals surface area contributed by atoms with Crippen LogP contribution in [0.1, 0.15) is 51.0 Å². The van der Waals surface area contributed by atoms with Crippen LogP contribution >= 0.6 is 0 Å². The molecule has 106 valence electrons. The molecule has 0 fully saturated rings. The molecule has 0 aromatic heterocycles. The molecule has 0 spiro atoms. The predicted molar refractivity (Wildman–Crippen MR) is 82.2 cm³/mol. The number of ether oxygens (including phenoxy) is 1. The zero-order chi connectivity index (χ0) is 13.5. The number of hydrogen-bond acceptors (Lipinski definition) is 2. The third-order valence-corrected chi connectivity index (χ3v) is 6.16. The van der Waals surface area contributed by atoms with E-state index >= 15 is 0 Å². The SMILES string of the molecule is CCCCCCCCN1Cc2cccc(OC)c2[Se]1. The fourth-order valence-corrected chi connectivity index (χ4v) is 4.96. The molecule has 0 aliphatic carbocycles. The molecule has 2 nitrogen and oxygen atoms in total. The molecule has 0 N–H and O–H groups in total. The molecule has 0 saturated carbocycles. The number of hydrogen-bond donors (Lipinski definition) is 0. The van der Waals surface area contributed by atoms with Crippen molar-refractivity contribution < 1.29 is 4.74 Å². The van der Waals surface area contributed by atoms with Crippen LogP contribution in [0.4, 0.5) is 0 Å². The summed E-state index contributed by atoms with van der Waals surface area (Å²) in [5.74, 6) is 1.09. The Hall–Kier alpha value is -0.501. The Kier molecular flexibility index (Phi) is 6.22. The molecule has 1 aliphatic rings. The number of rotatable bonds is 8. The number of nitrogens with zero attached hydrogens (tertiary/aromatic N) is 1. The topological polar surface area (TPSA) is 12.5 Å². The summed E-state index contributed by atoms with van der Waals surface area (Å²) >= 11 is 0.464. The van der Waals surface area contributed by atoms with Gasteiger partial charge in [0.25, 0.3) is 0 Å². The van der Waals surface area contributed by atoms with Gasteiger partial charge in [0.15, 0.2) is 0 Å². The second-order valence-electron chi connectivity index (χ2n) is 5.17. The summed E-state index contributed by atoms with van der Waals surface area (Å²) in [5.41, 5.74) is 1.48. The van der Waals surface area contributed by atoms with Crippen molar-refractivity contribution in [2.24, 2.45) is 0 Å². The van der Waals surface area contributed by atoms with Gasteiger partial charge in [-0.25, -0.2) is 0 Å². The standard InChI is InChI=1S/C16H25NOSe/c1-3-4-5-6-7-8-12-17-13-14-10-9-11-15(18-2)16(14)19-17/h9-11H,3-8,12-13H2,1-2H3. The first-order valence-corrected chi connectivity index (χ1v) is 9.06. The van der Waals surface area contributed by atoms with Crippen molar-refractivity contribution in [1.29, 1.82) is 0 Å². The van der Waals surface area contributed by atoms with Gasteiger partial charge in [0.2, 0.25) is 0 Å². The maximum absolute atomic E-state index is 5.46. The molecule has 0 radical (unpaired) electrons. The quantitative estimate of drug-likeness (QED) is 0.538. The Bertz CT molecular complexity index is 394. The van der Waals surface area contributed by atoms with Gasteiger partial charge in [0.05, 0.1) is 0 Å². The molecule has 0 saturated heterocycles. The van der Waals surface area contributed by atoms with Gasteiger partial charge >= 0.3 is 123 Å². The first-order chi connectivity index (χ1) is 9.35. The summed E-state index contributed by atoms with van der Waals surface area (Å²) in [6.07, 6.45) is 8.29. The van der Waals surface area contributed by atoms with Crippen molar-refractivity contribution in [1.82, 2.24) is 3.92 Å². The van der Waals surface area contributed by atoms with Crippen LogP contribution in [0.2, 0.25) is 0 Å². The van der Waals surface area contributed by atoms with Gasteiger partial charge in [-0.2, -0.15) is 0 Å². The Morgan fingerprint density at radius 2 is 1.95 bits per heavy atom. The number of unbranched alkanes of at least 4 members (excludes halogenated alkanes) is 5. The van der Waals surface area contributed by atoms with Gasteiger partial charge in [-0.3, -0.25) is 0 Å². The fraction of sp³-hybridized carbons (Fsp3) is 0.625. The van der Waals surface area contributed by atoms with Gasteiger partial charge in [-0.1, -0.05) is 0 Å². The van der Waals surface area contributed by atoms with E-state index in [1.807, 2.05) is 0 Å². The molecule has 1 aromatic rings. The Morgan fingerprint density at radius 1 is 1.16 bits per heavy atom. The maximum atomic E-state index is 5.46. The molecule has 0 atom stereocenters. The summed E-state index contributed by atoms with van der Waals surface area (Å²) < 4.78 is 9.54. The summed E-state index contributed by atoms with van der Waals surface area (Å²) in [6, 6.07) is 6.46. The molecule has 19 heavy (non-hydrogen) atoms. The van der Waals surface area contributed by atoms with E-state index in [1.54, 1.807) is 7.11 Å². The summed E-state index contributed by atoms with van der Waals surface area (Å²) in [4.78, 5) is 0. The van der Waals surface area contributed by atoms with Gasteiger partial charge in [0, 0.05) is 0 Å². The molecule has 1 aliphatic heterocycles. The average Bonchev–Trinajstić information content (AvgIpc) is 2.85. The van der Waals surface area contributed by atoms with Gasteiger partial charge < -0.3 is 0 Å². The second-order valence-corrected chi connectivity index (χ2v) is 7.49. The minimum absolute atomic E-state index is 0.464. The average molecular weight is 326 g/mol. The number of fused-ring (bicyclic) bond motifs is 1. The second kappa shape index (κ2) is 7.94. The molecule has 3 heteroatoms. The Morgan fingerprint density at radius 3 is 2.74 bits per heavy atom. The van der Waals surface area contributed by atoms with E-state index in [1.165, 1.54) is 55.1 Å². The van der Waals surface area contributed by atoms with Gasteiger partial charge in [0.1, 0.15) is 0 Å². The summed E-state index contributed by atoms with van der Waals surface area (Å²) in [7, 11) is 1.78. The Labute approximate surface area is 123 Å². The van der Waals surface area contributed by atoms with Crippen molar-refractivity contribution in [2.75, 3.05) is 13.7 Å². The van der Waals surface area contributed by atoms with E-state index in [9.17, 15) is 0 Å². The first-order valence-electron chi connectivity index (χ1n) is 7.44. The molecule has 1 aromatic carbocycles. The predicted octanol–water partition coefficient (Wildman–Crippen LogP) is 3.12. The zero-order valence-corrected chi connectivity index (χ0v) is 13.9. The van der Waals surface area contributed by atoms with E-state index in [0.717, 1.165) is 12.3 Å². The van der Waals surface area contributed by atoms with E-state index in [-0.39, 0.29) is 0 Å². The van der Waals surface area contributed by atoms with Gasteiger partial charge in [-0.05, 0) is 0 Å². The van der Waals surface area contributed by atoms with Crippen molar-refractivity contribution in [3.05, 3.63) is 23.8 Å². The summed E-state index contributed by atoms with van der Waals surface area (Å²) in [5, 5.41) is 0. The molecule has 1 heterocycles. The van der Waals surface area contributed by atoms with Crippen LogP contribution in [0.5, 0.6) is 5.75 Å². The van der Waals surface area contributed by atoms with Crippen LogP contribution in [-0.4, -0.2) is 32.7 Å². The van der Waals surface area contributed by atoms with Crippen LogP contribution in [0, 0.1) is 0 Å². The van der Waals surface area contributed by atoms with Crippen molar-refractivity contribution in [3.8, 4) is 5.75 Å². The van der Waals surface area contributed by atoms with Crippen LogP contribution in [0.25, 0.3) is 0 Å². The monoisotopic (exact) mass is 327 g/mol. The van der Waals surface area contributed by atoms with E-state index < -0.39 is 0 Å². The first kappa shape index (κ1) is 14.9. The van der Waals surface area contributed by atoms with Crippen molar-refractivity contribution in [2.45, 2.75) is 52.0 Å². The van der Waals surface area contributed by atoms with E-state index in [0.29, 0.717) is 15.2 Å². The van der Waals surface area contributed by atoms with E-state index in [2.05, 4.69) is 29.0 Å². The molecule has 0 amide bonds. The third kappa shape index (κ3) is 4.24. The van der Waals surface area contributed by atoms with E-state index in [4.69, 9.17) is 4.74 Å². The number of benzene rings is 1. The Balaban J connectivity index is 1.71.